The molecule has 0 fully saturated rings. The highest BCUT2D eigenvalue weighted by Crippen LogP contribution is 2.35. The Kier molecular flexibility index (Phi) is 7.42. The lowest BCUT2D eigenvalue weighted by molar-refractivity contribution is -0.384. The van der Waals surface area contributed by atoms with Crippen LogP contribution in [0, 0.1) is 10.1 Å². The summed E-state index contributed by atoms with van der Waals surface area (Å²) in [6.07, 6.45) is 1.59. The van der Waals surface area contributed by atoms with E-state index in [1.165, 1.54) is 23.8 Å². The smallest absolute Gasteiger partial charge is 0.338 e. The first-order valence-electron chi connectivity index (χ1n) is 12.1. The van der Waals surface area contributed by atoms with Crippen molar-refractivity contribution in [2.24, 2.45) is 4.99 Å². The van der Waals surface area contributed by atoms with Crippen molar-refractivity contribution < 1.29 is 23.6 Å². The minimum atomic E-state index is -0.758. The van der Waals surface area contributed by atoms with Crippen molar-refractivity contribution in [1.29, 1.82) is 0 Å². The highest BCUT2D eigenvalue weighted by atomic mass is 35.5. The van der Waals surface area contributed by atoms with E-state index in [4.69, 9.17) is 25.5 Å². The molecule has 0 unspecified atom stereocenters. The van der Waals surface area contributed by atoms with Crippen molar-refractivity contribution in [3.8, 4) is 17.1 Å². The molecule has 1 atom stereocenters. The third kappa shape index (κ3) is 4.96. The molecule has 3 heterocycles. The van der Waals surface area contributed by atoms with Crippen molar-refractivity contribution in [2.75, 3.05) is 13.7 Å². The molecule has 0 aliphatic carbocycles. The van der Waals surface area contributed by atoms with Crippen LogP contribution in [-0.2, 0) is 9.53 Å². The molecule has 2 aromatic carbocycles. The molecule has 0 spiro atoms. The highest BCUT2D eigenvalue weighted by Gasteiger charge is 2.33. The number of nitrogens with zero attached hydrogens (tertiary/aromatic N) is 3. The van der Waals surface area contributed by atoms with Gasteiger partial charge in [-0.2, -0.15) is 0 Å². The third-order valence-corrected chi connectivity index (χ3v) is 7.50. The van der Waals surface area contributed by atoms with Crippen LogP contribution in [-0.4, -0.2) is 29.2 Å². The standard InChI is InChI=1S/C28H22ClN3O7S/c1-4-38-27(34)24-15(2)30-28-31(25(24)16-5-7-17(29)8-6-16)26(33)23(40-28)14-19-10-12-21(39-19)20-11-9-18(32(35)36)13-22(20)37-3/h5-14,25H,4H2,1-3H3/b23-14-/t25-/m1/s1. The van der Waals surface area contributed by atoms with Gasteiger partial charge in [0.1, 0.15) is 17.3 Å². The molecule has 0 bridgehead atoms. The molecule has 2 aromatic heterocycles. The number of methoxy groups -OCH3 is 1. The summed E-state index contributed by atoms with van der Waals surface area (Å²) in [6, 6.07) is 13.7. The van der Waals surface area contributed by atoms with E-state index in [9.17, 15) is 19.7 Å². The molecule has 40 heavy (non-hydrogen) atoms. The number of rotatable bonds is 7. The van der Waals surface area contributed by atoms with E-state index in [0.717, 1.165) is 11.3 Å². The summed E-state index contributed by atoms with van der Waals surface area (Å²) in [7, 11) is 1.41. The van der Waals surface area contributed by atoms with Crippen LogP contribution in [0.4, 0.5) is 5.69 Å². The molecule has 0 saturated heterocycles. The Bertz CT molecular complexity index is 1850. The van der Waals surface area contributed by atoms with Gasteiger partial charge in [0.2, 0.25) is 0 Å². The van der Waals surface area contributed by atoms with Crippen LogP contribution in [0.5, 0.6) is 5.75 Å². The molecule has 1 aliphatic heterocycles. The molecular formula is C28H22ClN3O7S. The normalized spacial score (nSPS) is 15.0. The molecule has 204 valence electrons. The van der Waals surface area contributed by atoms with E-state index < -0.39 is 16.9 Å². The maximum atomic E-state index is 13.7. The van der Waals surface area contributed by atoms with Gasteiger partial charge in [0.15, 0.2) is 4.80 Å². The second-order valence-corrected chi connectivity index (χ2v) is 10.1. The first-order chi connectivity index (χ1) is 19.2. The first-order valence-corrected chi connectivity index (χ1v) is 13.3. The van der Waals surface area contributed by atoms with E-state index in [-0.39, 0.29) is 29.2 Å². The molecule has 1 aliphatic rings. The Morgan fingerprint density at radius 3 is 2.65 bits per heavy atom. The maximum Gasteiger partial charge on any atom is 0.338 e. The van der Waals surface area contributed by atoms with Crippen molar-refractivity contribution >= 4 is 40.7 Å². The number of halogens is 1. The number of aromatic nitrogens is 1. The SMILES string of the molecule is CCOC(=O)C1=C(C)N=c2s/c(=C\c3ccc(-c4ccc([N+](=O)[O-])cc4OC)o3)c(=O)n2[C@@H]1c1ccc(Cl)cc1. The number of allylic oxidation sites excluding steroid dienone is 1. The van der Waals surface area contributed by atoms with E-state index in [1.54, 1.807) is 62.4 Å². The number of nitro groups is 1. The lowest BCUT2D eigenvalue weighted by atomic mass is 9.96. The van der Waals surface area contributed by atoms with Crippen LogP contribution >= 0.6 is 22.9 Å². The quantitative estimate of drug-likeness (QED) is 0.177. The minimum Gasteiger partial charge on any atom is -0.496 e. The zero-order valence-corrected chi connectivity index (χ0v) is 23.1. The predicted octanol–water partition coefficient (Wildman–Crippen LogP) is 4.63. The van der Waals surface area contributed by atoms with Crippen molar-refractivity contribution in [1.82, 2.24) is 4.57 Å². The molecule has 0 N–H and O–H groups in total. The minimum absolute atomic E-state index is 0.110. The number of hydrogen-bond acceptors (Lipinski definition) is 9. The van der Waals surface area contributed by atoms with E-state index >= 15 is 0 Å². The number of furan rings is 1. The van der Waals surface area contributed by atoms with Gasteiger partial charge in [0, 0.05) is 17.2 Å². The van der Waals surface area contributed by atoms with Crippen LogP contribution in [0.1, 0.15) is 31.2 Å². The van der Waals surface area contributed by atoms with Gasteiger partial charge in [-0.1, -0.05) is 35.1 Å². The van der Waals surface area contributed by atoms with Crippen molar-refractivity contribution in [3.05, 3.63) is 112 Å². The van der Waals surface area contributed by atoms with Gasteiger partial charge in [0.05, 0.1) is 52.1 Å². The molecular weight excluding hydrogens is 558 g/mol. The number of carbonyl (C=O) groups excluding carboxylic acids is 1. The number of fused-ring (bicyclic) bond motifs is 1. The zero-order chi connectivity index (χ0) is 28.6. The second kappa shape index (κ2) is 10.9. The van der Waals surface area contributed by atoms with Gasteiger partial charge >= 0.3 is 5.97 Å². The fraction of sp³-hybridized carbons (Fsp3) is 0.179. The second-order valence-electron chi connectivity index (χ2n) is 8.70. The van der Waals surface area contributed by atoms with E-state index in [0.29, 0.717) is 42.7 Å². The summed E-state index contributed by atoms with van der Waals surface area (Å²) in [6.45, 7) is 3.60. The van der Waals surface area contributed by atoms with Gasteiger partial charge < -0.3 is 13.9 Å². The molecule has 0 amide bonds. The van der Waals surface area contributed by atoms with Crippen LogP contribution in [0.2, 0.25) is 5.02 Å². The number of benzene rings is 2. The number of non-ortho nitro benzene ring substituents is 1. The predicted molar refractivity (Wildman–Crippen MR) is 149 cm³/mol. The summed E-state index contributed by atoms with van der Waals surface area (Å²) in [5.74, 6) is 0.514. The summed E-state index contributed by atoms with van der Waals surface area (Å²) in [5.41, 5.74) is 1.46. The molecule has 10 nitrogen and oxygen atoms in total. The van der Waals surface area contributed by atoms with Gasteiger partial charge in [-0.3, -0.25) is 19.5 Å². The van der Waals surface area contributed by atoms with Gasteiger partial charge in [-0.25, -0.2) is 9.79 Å². The molecule has 0 radical (unpaired) electrons. The molecule has 12 heteroatoms. The van der Waals surface area contributed by atoms with Crippen LogP contribution in [0.3, 0.4) is 0 Å². The van der Waals surface area contributed by atoms with Crippen LogP contribution in [0.15, 0.2) is 80.1 Å². The van der Waals surface area contributed by atoms with Gasteiger partial charge in [-0.15, -0.1) is 0 Å². The number of hydrogen-bond donors (Lipinski definition) is 0. The van der Waals surface area contributed by atoms with E-state index in [2.05, 4.69) is 4.99 Å². The Morgan fingerprint density at radius 2 is 1.98 bits per heavy atom. The molecule has 4 aromatic rings. The van der Waals surface area contributed by atoms with Gasteiger partial charge in [0.25, 0.3) is 11.2 Å². The Balaban J connectivity index is 1.61. The molecule has 0 saturated carbocycles. The fourth-order valence-corrected chi connectivity index (χ4v) is 5.61. The van der Waals surface area contributed by atoms with Crippen LogP contribution in [0.25, 0.3) is 17.4 Å². The van der Waals surface area contributed by atoms with Crippen LogP contribution < -0.4 is 19.6 Å². The Morgan fingerprint density at radius 1 is 1.23 bits per heavy atom. The number of nitro benzene ring substituents is 1. The largest absolute Gasteiger partial charge is 0.496 e. The Hall–Kier alpha value is -4.48. The summed E-state index contributed by atoms with van der Waals surface area (Å²) in [5, 5.41) is 11.6. The van der Waals surface area contributed by atoms with Crippen molar-refractivity contribution in [3.63, 3.8) is 0 Å². The molecule has 5 rings (SSSR count). The number of ether oxygens (including phenoxy) is 2. The lowest BCUT2D eigenvalue weighted by Gasteiger charge is -2.24. The lowest BCUT2D eigenvalue weighted by Crippen LogP contribution is -2.39. The summed E-state index contributed by atoms with van der Waals surface area (Å²) in [4.78, 5) is 42.3. The van der Waals surface area contributed by atoms with E-state index in [1.807, 2.05) is 0 Å². The monoisotopic (exact) mass is 579 g/mol. The number of thiazole rings is 1. The number of carbonyl (C=O) groups is 1. The third-order valence-electron chi connectivity index (χ3n) is 6.26. The summed E-state index contributed by atoms with van der Waals surface area (Å²) >= 11 is 7.26. The highest BCUT2D eigenvalue weighted by molar-refractivity contribution is 7.07. The average Bonchev–Trinajstić information content (AvgIpc) is 3.52. The average molecular weight is 580 g/mol. The Labute approximate surface area is 236 Å². The first kappa shape index (κ1) is 27.1. The fourth-order valence-electron chi connectivity index (χ4n) is 4.45. The van der Waals surface area contributed by atoms with Crippen molar-refractivity contribution in [2.45, 2.75) is 19.9 Å². The zero-order valence-electron chi connectivity index (χ0n) is 21.5. The number of esters is 1. The van der Waals surface area contributed by atoms with Gasteiger partial charge in [-0.05, 0) is 49.7 Å². The topological polar surface area (TPSA) is 126 Å². The maximum absolute atomic E-state index is 13.7. The summed E-state index contributed by atoms with van der Waals surface area (Å²) < 4.78 is 18.4.